The number of Topliss-reactive ketones (excluding diaryl/α,β-unsaturated/α-hetero) is 1. The van der Waals surface area contributed by atoms with Crippen LogP contribution in [0.25, 0.3) is 11.3 Å². The molecule has 0 atom stereocenters. The molecule has 1 heterocycles. The fourth-order valence-electron chi connectivity index (χ4n) is 2.44. The van der Waals surface area contributed by atoms with Crippen molar-refractivity contribution in [2.45, 2.75) is 31.4 Å². The van der Waals surface area contributed by atoms with E-state index in [2.05, 4.69) is 4.98 Å². The fraction of sp³-hybridized carbons (Fsp3) is 0.261. The molecule has 0 radical (unpaired) electrons. The number of nitrogens with zero attached hydrogens (tertiary/aromatic N) is 1. The van der Waals surface area contributed by atoms with Gasteiger partial charge in [0.15, 0.2) is 18.2 Å². The first-order valence-electron chi connectivity index (χ1n) is 9.27. The van der Waals surface area contributed by atoms with E-state index in [0.717, 1.165) is 10.5 Å². The molecule has 0 aliphatic rings. The average molecular weight is 410 g/mol. The molecule has 3 aromatic rings. The van der Waals surface area contributed by atoms with E-state index in [0.29, 0.717) is 23.0 Å². The first-order chi connectivity index (χ1) is 13.8. The third-order valence-corrected chi connectivity index (χ3v) is 5.30. The molecule has 1 aromatic heterocycles. The van der Waals surface area contributed by atoms with E-state index >= 15 is 0 Å². The Kier molecular flexibility index (Phi) is 6.54. The maximum absolute atomic E-state index is 12.5. The fourth-order valence-corrected chi connectivity index (χ4v) is 3.33. The predicted molar refractivity (Wildman–Crippen MR) is 113 cm³/mol. The van der Waals surface area contributed by atoms with Gasteiger partial charge in [0.05, 0.1) is 17.5 Å². The molecule has 0 spiro atoms. The van der Waals surface area contributed by atoms with Gasteiger partial charge in [-0.05, 0) is 12.1 Å². The highest BCUT2D eigenvalue weighted by molar-refractivity contribution is 7.98. The van der Waals surface area contributed by atoms with Crippen LogP contribution in [-0.4, -0.2) is 23.3 Å². The van der Waals surface area contributed by atoms with Gasteiger partial charge in [0.1, 0.15) is 0 Å². The molecule has 0 fully saturated rings. The van der Waals surface area contributed by atoms with Gasteiger partial charge in [-0.1, -0.05) is 63.2 Å². The van der Waals surface area contributed by atoms with Crippen LogP contribution in [-0.2, 0) is 15.3 Å². The zero-order chi connectivity index (χ0) is 20.9. The lowest BCUT2D eigenvalue weighted by molar-refractivity contribution is -0.129. The van der Waals surface area contributed by atoms with Crippen LogP contribution in [0.5, 0.6) is 0 Å². The Morgan fingerprint density at radius 2 is 1.72 bits per heavy atom. The highest BCUT2D eigenvalue weighted by Crippen LogP contribution is 2.28. The highest BCUT2D eigenvalue weighted by Gasteiger charge is 2.23. The summed E-state index contributed by atoms with van der Waals surface area (Å²) in [4.78, 5) is 29.6. The van der Waals surface area contributed by atoms with E-state index in [1.165, 1.54) is 11.8 Å². The number of aromatic nitrogens is 1. The molecule has 2 aromatic carbocycles. The van der Waals surface area contributed by atoms with Crippen LogP contribution in [0.15, 0.2) is 70.1 Å². The minimum Gasteiger partial charge on any atom is -0.454 e. The minimum atomic E-state index is -0.546. The third-order valence-electron chi connectivity index (χ3n) is 4.24. The molecule has 150 valence electrons. The van der Waals surface area contributed by atoms with E-state index < -0.39 is 11.4 Å². The number of esters is 1. The molecule has 0 saturated heterocycles. The van der Waals surface area contributed by atoms with Crippen molar-refractivity contribution in [1.82, 2.24) is 4.98 Å². The van der Waals surface area contributed by atoms with Crippen molar-refractivity contribution in [1.29, 1.82) is 0 Å². The van der Waals surface area contributed by atoms with Gasteiger partial charge >= 0.3 is 5.97 Å². The summed E-state index contributed by atoms with van der Waals surface area (Å²) < 4.78 is 11.0. The molecular weight excluding hydrogens is 386 g/mol. The number of oxazole rings is 1. The van der Waals surface area contributed by atoms with Crippen LogP contribution in [0.4, 0.5) is 0 Å². The average Bonchev–Trinajstić information content (AvgIpc) is 3.19. The van der Waals surface area contributed by atoms with Gasteiger partial charge in [-0.3, -0.25) is 4.79 Å². The molecular formula is C23H23NO4S. The number of rotatable bonds is 7. The first-order valence-corrected chi connectivity index (χ1v) is 10.3. The Labute approximate surface area is 174 Å². The van der Waals surface area contributed by atoms with Gasteiger partial charge in [0.2, 0.25) is 5.89 Å². The van der Waals surface area contributed by atoms with Gasteiger partial charge < -0.3 is 9.15 Å². The largest absolute Gasteiger partial charge is 0.454 e. The number of carbonyl (C=O) groups is 2. The number of hydrogen-bond donors (Lipinski definition) is 0. The molecule has 29 heavy (non-hydrogen) atoms. The molecule has 6 heteroatoms. The summed E-state index contributed by atoms with van der Waals surface area (Å²) in [6, 6.07) is 16.9. The van der Waals surface area contributed by atoms with E-state index in [9.17, 15) is 9.59 Å². The summed E-state index contributed by atoms with van der Waals surface area (Å²) in [6.45, 7) is 5.16. The molecule has 0 bridgehead atoms. The van der Waals surface area contributed by atoms with Gasteiger partial charge in [-0.2, -0.15) is 0 Å². The number of benzene rings is 2. The van der Waals surface area contributed by atoms with Crippen LogP contribution in [0, 0.1) is 5.41 Å². The summed E-state index contributed by atoms with van der Waals surface area (Å²) in [5.74, 6) is 1.11. The molecule has 5 nitrogen and oxygen atoms in total. The Morgan fingerprint density at radius 1 is 1.03 bits per heavy atom. The van der Waals surface area contributed by atoms with Gasteiger partial charge in [-0.25, -0.2) is 9.78 Å². The number of thioether (sulfide) groups is 1. The predicted octanol–water partition coefficient (Wildman–Crippen LogP) is 5.41. The summed E-state index contributed by atoms with van der Waals surface area (Å²) in [6.07, 6.45) is 1.70. The topological polar surface area (TPSA) is 69.4 Å². The highest BCUT2D eigenvalue weighted by atomic mass is 32.2. The Morgan fingerprint density at radius 3 is 2.45 bits per heavy atom. The number of ketones is 1. The molecule has 3 rings (SSSR count). The Hall–Kier alpha value is -2.86. The van der Waals surface area contributed by atoms with Gasteiger partial charge in [-0.15, -0.1) is 11.8 Å². The van der Waals surface area contributed by atoms with Crippen molar-refractivity contribution >= 4 is 23.5 Å². The van der Waals surface area contributed by atoms with Crippen LogP contribution in [0.3, 0.4) is 0 Å². The summed E-state index contributed by atoms with van der Waals surface area (Å²) in [5.41, 5.74) is 0.841. The first kappa shape index (κ1) is 20.9. The van der Waals surface area contributed by atoms with Crippen LogP contribution in [0.1, 0.15) is 37.0 Å². The molecule has 0 N–H and O–H groups in total. The van der Waals surface area contributed by atoms with Crippen molar-refractivity contribution in [2.75, 3.05) is 6.61 Å². The SMILES string of the molecule is CC(C)(C)C(=O)COC(=O)c1ccccc1SCc1ncc(-c2ccccc2)o1. The van der Waals surface area contributed by atoms with Crippen molar-refractivity contribution < 1.29 is 18.7 Å². The second-order valence-corrected chi connectivity index (χ2v) is 8.54. The molecule has 0 amide bonds. The second kappa shape index (κ2) is 9.09. The van der Waals surface area contributed by atoms with Crippen molar-refractivity contribution in [3.8, 4) is 11.3 Å². The van der Waals surface area contributed by atoms with Crippen LogP contribution >= 0.6 is 11.8 Å². The van der Waals surface area contributed by atoms with E-state index in [1.807, 2.05) is 42.5 Å². The standard InChI is InChI=1S/C23H23NO4S/c1-23(2,3)20(25)14-27-22(26)17-11-7-8-12-19(17)29-15-21-24-13-18(28-21)16-9-5-4-6-10-16/h4-13H,14-15H2,1-3H3. The summed E-state index contributed by atoms with van der Waals surface area (Å²) in [7, 11) is 0. The van der Waals surface area contributed by atoms with Crippen molar-refractivity contribution in [2.24, 2.45) is 5.41 Å². The normalized spacial score (nSPS) is 11.3. The zero-order valence-electron chi connectivity index (χ0n) is 16.7. The lowest BCUT2D eigenvalue weighted by Gasteiger charge is -2.16. The summed E-state index contributed by atoms with van der Waals surface area (Å²) in [5, 5.41) is 0. The lowest BCUT2D eigenvalue weighted by Crippen LogP contribution is -2.26. The summed E-state index contributed by atoms with van der Waals surface area (Å²) >= 11 is 1.43. The number of ether oxygens (including phenoxy) is 1. The van der Waals surface area contributed by atoms with Crippen molar-refractivity contribution in [3.05, 3.63) is 72.2 Å². The molecule has 0 unspecified atom stereocenters. The monoisotopic (exact) mass is 409 g/mol. The molecule has 0 saturated carbocycles. The quantitative estimate of drug-likeness (QED) is 0.384. The number of carbonyl (C=O) groups excluding carboxylic acids is 2. The molecule has 0 aliphatic heterocycles. The third kappa shape index (κ3) is 5.57. The van der Waals surface area contributed by atoms with Crippen LogP contribution in [0.2, 0.25) is 0 Å². The maximum atomic E-state index is 12.5. The molecule has 0 aliphatic carbocycles. The minimum absolute atomic E-state index is 0.121. The zero-order valence-corrected chi connectivity index (χ0v) is 17.5. The van der Waals surface area contributed by atoms with Crippen molar-refractivity contribution in [3.63, 3.8) is 0 Å². The van der Waals surface area contributed by atoms with E-state index in [-0.39, 0.29) is 12.4 Å². The maximum Gasteiger partial charge on any atom is 0.339 e. The number of hydrogen-bond acceptors (Lipinski definition) is 6. The van der Waals surface area contributed by atoms with E-state index in [4.69, 9.17) is 9.15 Å². The van der Waals surface area contributed by atoms with Crippen LogP contribution < -0.4 is 0 Å². The van der Waals surface area contributed by atoms with Gasteiger partial charge in [0.25, 0.3) is 0 Å². The smallest absolute Gasteiger partial charge is 0.339 e. The Bertz CT molecular complexity index is 989. The van der Waals surface area contributed by atoms with E-state index in [1.54, 1.807) is 39.1 Å². The Balaban J connectivity index is 1.64. The van der Waals surface area contributed by atoms with Gasteiger partial charge in [0, 0.05) is 15.9 Å². The lowest BCUT2D eigenvalue weighted by atomic mass is 9.91. The second-order valence-electron chi connectivity index (χ2n) is 7.52.